The first-order valence-corrected chi connectivity index (χ1v) is 7.54. The van der Waals surface area contributed by atoms with Gasteiger partial charge in [0.1, 0.15) is 16.8 Å². The van der Waals surface area contributed by atoms with Gasteiger partial charge in [-0.2, -0.15) is 0 Å². The second-order valence-corrected chi connectivity index (χ2v) is 5.33. The Hall–Kier alpha value is -0.870. The smallest absolute Gasteiger partial charge is 0.134 e. The molecule has 0 amide bonds. The van der Waals surface area contributed by atoms with E-state index in [2.05, 4.69) is 22.2 Å². The van der Waals surface area contributed by atoms with E-state index < -0.39 is 0 Å². The molecule has 5 heteroatoms. The third-order valence-electron chi connectivity index (χ3n) is 3.26. The molecule has 19 heavy (non-hydrogen) atoms. The Labute approximate surface area is 119 Å². The first-order chi connectivity index (χ1) is 9.28. The number of ether oxygens (including phenoxy) is 1. The van der Waals surface area contributed by atoms with Crippen molar-refractivity contribution in [2.75, 3.05) is 18.5 Å². The monoisotopic (exact) mass is 283 g/mol. The molecule has 1 saturated heterocycles. The van der Waals surface area contributed by atoms with Crippen molar-refractivity contribution in [1.82, 2.24) is 9.97 Å². The van der Waals surface area contributed by atoms with Gasteiger partial charge in [-0.25, -0.2) is 9.97 Å². The molecular weight excluding hydrogens is 262 g/mol. The first kappa shape index (κ1) is 14.5. The molecule has 2 rings (SSSR count). The van der Waals surface area contributed by atoms with E-state index in [0.717, 1.165) is 44.1 Å². The van der Waals surface area contributed by atoms with Crippen LogP contribution in [0.1, 0.15) is 44.9 Å². The first-order valence-electron chi connectivity index (χ1n) is 7.17. The molecule has 0 aromatic carbocycles. The number of aryl methyl sites for hydroxylation is 1. The number of nitrogens with zero attached hydrogens (tertiary/aromatic N) is 2. The quantitative estimate of drug-likeness (QED) is 0.812. The van der Waals surface area contributed by atoms with Crippen molar-refractivity contribution in [1.29, 1.82) is 0 Å². The molecule has 1 aliphatic rings. The van der Waals surface area contributed by atoms with Gasteiger partial charge < -0.3 is 10.1 Å². The molecule has 0 saturated carbocycles. The largest absolute Gasteiger partial charge is 0.378 e. The summed E-state index contributed by atoms with van der Waals surface area (Å²) in [6, 6.07) is 1.78. The molecule has 0 spiro atoms. The van der Waals surface area contributed by atoms with Gasteiger partial charge >= 0.3 is 0 Å². The third kappa shape index (κ3) is 4.96. The van der Waals surface area contributed by atoms with E-state index in [1.807, 2.05) is 0 Å². The molecule has 1 fully saturated rings. The highest BCUT2D eigenvalue weighted by atomic mass is 35.5. The van der Waals surface area contributed by atoms with Gasteiger partial charge in [0, 0.05) is 25.6 Å². The van der Waals surface area contributed by atoms with Gasteiger partial charge in [-0.05, 0) is 32.1 Å². The van der Waals surface area contributed by atoms with E-state index in [4.69, 9.17) is 16.3 Å². The minimum atomic E-state index is 0.397. The van der Waals surface area contributed by atoms with Crippen molar-refractivity contribution in [2.24, 2.45) is 0 Å². The van der Waals surface area contributed by atoms with Crippen LogP contribution < -0.4 is 5.32 Å². The second-order valence-electron chi connectivity index (χ2n) is 4.95. The van der Waals surface area contributed by atoms with E-state index in [0.29, 0.717) is 11.3 Å². The van der Waals surface area contributed by atoms with Gasteiger partial charge in [-0.1, -0.05) is 18.5 Å². The molecule has 1 aromatic heterocycles. The molecule has 1 atom stereocenters. The van der Waals surface area contributed by atoms with E-state index in [-0.39, 0.29) is 0 Å². The zero-order valence-electron chi connectivity index (χ0n) is 11.5. The van der Waals surface area contributed by atoms with Crippen LogP contribution in [0, 0.1) is 0 Å². The van der Waals surface area contributed by atoms with Crippen LogP contribution in [-0.4, -0.2) is 29.2 Å². The molecule has 0 aliphatic carbocycles. The molecule has 1 aromatic rings. The fourth-order valence-electron chi connectivity index (χ4n) is 2.29. The topological polar surface area (TPSA) is 47.0 Å². The Morgan fingerprint density at radius 2 is 2.32 bits per heavy atom. The van der Waals surface area contributed by atoms with Crippen LogP contribution in [0.5, 0.6) is 0 Å². The number of anilines is 1. The summed E-state index contributed by atoms with van der Waals surface area (Å²) in [5, 5.41) is 3.83. The summed E-state index contributed by atoms with van der Waals surface area (Å²) >= 11 is 6.00. The maximum atomic E-state index is 6.00. The predicted molar refractivity (Wildman–Crippen MR) is 77.7 cm³/mol. The second kappa shape index (κ2) is 7.65. The lowest BCUT2D eigenvalue weighted by molar-refractivity contribution is 0.0134. The average Bonchev–Trinajstić information content (AvgIpc) is 2.40. The van der Waals surface area contributed by atoms with Crippen LogP contribution in [-0.2, 0) is 11.2 Å². The summed E-state index contributed by atoms with van der Waals surface area (Å²) in [7, 11) is 0. The van der Waals surface area contributed by atoms with Crippen LogP contribution in [0.15, 0.2) is 6.07 Å². The van der Waals surface area contributed by atoms with Gasteiger partial charge in [0.15, 0.2) is 0 Å². The lowest BCUT2D eigenvalue weighted by Crippen LogP contribution is -2.22. The number of rotatable bonds is 6. The van der Waals surface area contributed by atoms with Gasteiger partial charge in [0.05, 0.1) is 6.10 Å². The van der Waals surface area contributed by atoms with Gasteiger partial charge in [-0.3, -0.25) is 0 Å². The number of nitrogens with one attached hydrogen (secondary N) is 1. The molecule has 2 heterocycles. The third-order valence-corrected chi connectivity index (χ3v) is 3.45. The lowest BCUT2D eigenvalue weighted by atomic mass is 10.1. The van der Waals surface area contributed by atoms with Crippen molar-refractivity contribution in [3.8, 4) is 0 Å². The highest BCUT2D eigenvalue weighted by Gasteiger charge is 2.13. The fraction of sp³-hybridized carbons (Fsp3) is 0.714. The highest BCUT2D eigenvalue weighted by molar-refractivity contribution is 6.29. The summed E-state index contributed by atoms with van der Waals surface area (Å²) in [4.78, 5) is 8.67. The van der Waals surface area contributed by atoms with E-state index in [1.54, 1.807) is 6.07 Å². The van der Waals surface area contributed by atoms with Crippen LogP contribution in [0.3, 0.4) is 0 Å². The SMILES string of the molecule is CCCc1nc(Cl)cc(NCCC2CCCCO2)n1. The van der Waals surface area contributed by atoms with E-state index >= 15 is 0 Å². The molecule has 1 aliphatic heterocycles. The summed E-state index contributed by atoms with van der Waals surface area (Å²) in [6.07, 6.45) is 6.96. The molecule has 4 nitrogen and oxygen atoms in total. The number of aromatic nitrogens is 2. The number of halogens is 1. The lowest BCUT2D eigenvalue weighted by Gasteiger charge is -2.22. The average molecular weight is 284 g/mol. The number of hydrogen-bond acceptors (Lipinski definition) is 4. The summed E-state index contributed by atoms with van der Waals surface area (Å²) in [5.74, 6) is 1.63. The molecule has 1 unspecified atom stereocenters. The molecule has 0 radical (unpaired) electrons. The minimum absolute atomic E-state index is 0.397. The summed E-state index contributed by atoms with van der Waals surface area (Å²) in [6.45, 7) is 3.88. The van der Waals surface area contributed by atoms with E-state index in [1.165, 1.54) is 19.3 Å². The van der Waals surface area contributed by atoms with Gasteiger partial charge in [0.25, 0.3) is 0 Å². The standard InChI is InChI=1S/C14H22ClN3O/c1-2-5-13-17-12(15)10-14(18-13)16-8-7-11-6-3-4-9-19-11/h10-11H,2-9H2,1H3,(H,16,17,18). The van der Waals surface area contributed by atoms with Gasteiger partial charge in [-0.15, -0.1) is 0 Å². The highest BCUT2D eigenvalue weighted by Crippen LogP contribution is 2.16. The Bertz CT molecular complexity index is 394. The van der Waals surface area contributed by atoms with Crippen LogP contribution in [0.25, 0.3) is 0 Å². The molecule has 0 bridgehead atoms. The normalized spacial score (nSPS) is 19.4. The van der Waals surface area contributed by atoms with Gasteiger partial charge in [0.2, 0.25) is 0 Å². The van der Waals surface area contributed by atoms with Crippen molar-refractivity contribution in [2.45, 2.75) is 51.6 Å². The predicted octanol–water partition coefficient (Wildman–Crippen LogP) is 3.45. The zero-order valence-corrected chi connectivity index (χ0v) is 12.2. The van der Waals surface area contributed by atoms with Crippen molar-refractivity contribution >= 4 is 17.4 Å². The van der Waals surface area contributed by atoms with Crippen LogP contribution in [0.2, 0.25) is 5.15 Å². The Kier molecular flexibility index (Phi) is 5.86. The molecule has 1 N–H and O–H groups in total. The summed E-state index contributed by atoms with van der Waals surface area (Å²) < 4.78 is 5.70. The fourth-order valence-corrected chi connectivity index (χ4v) is 2.49. The number of hydrogen-bond donors (Lipinski definition) is 1. The maximum absolute atomic E-state index is 6.00. The Morgan fingerprint density at radius 3 is 3.05 bits per heavy atom. The van der Waals surface area contributed by atoms with Crippen molar-refractivity contribution in [3.63, 3.8) is 0 Å². The van der Waals surface area contributed by atoms with Crippen molar-refractivity contribution in [3.05, 3.63) is 17.0 Å². The molecular formula is C14H22ClN3O. The Morgan fingerprint density at radius 1 is 1.42 bits per heavy atom. The van der Waals surface area contributed by atoms with Crippen LogP contribution in [0.4, 0.5) is 5.82 Å². The molecule has 106 valence electrons. The van der Waals surface area contributed by atoms with E-state index in [9.17, 15) is 0 Å². The minimum Gasteiger partial charge on any atom is -0.378 e. The van der Waals surface area contributed by atoms with Crippen LogP contribution >= 0.6 is 11.6 Å². The maximum Gasteiger partial charge on any atom is 0.134 e. The Balaban J connectivity index is 1.81. The zero-order chi connectivity index (χ0) is 13.5. The summed E-state index contributed by atoms with van der Waals surface area (Å²) in [5.41, 5.74) is 0. The van der Waals surface area contributed by atoms with Crippen molar-refractivity contribution < 1.29 is 4.74 Å².